The summed E-state index contributed by atoms with van der Waals surface area (Å²) in [6, 6.07) is 10.2. The molecule has 1 unspecified atom stereocenters. The molecule has 0 saturated carbocycles. The number of hydrogen-bond donors (Lipinski definition) is 1. The summed E-state index contributed by atoms with van der Waals surface area (Å²) in [6.45, 7) is 4.50. The molecular formula is C14H19N3O. The minimum Gasteiger partial charge on any atom is -0.488 e. The first-order chi connectivity index (χ1) is 8.70. The Morgan fingerprint density at radius 2 is 2.00 bits per heavy atom. The van der Waals surface area contributed by atoms with Crippen LogP contribution in [0.5, 0.6) is 5.75 Å². The molecule has 0 fully saturated rings. The first kappa shape index (κ1) is 12.6. The zero-order valence-electron chi connectivity index (χ0n) is 10.8. The highest BCUT2D eigenvalue weighted by molar-refractivity contribution is 5.22. The highest BCUT2D eigenvalue weighted by Gasteiger charge is 2.13. The third-order valence-electron chi connectivity index (χ3n) is 2.68. The lowest BCUT2D eigenvalue weighted by Crippen LogP contribution is -2.20. The molecule has 0 amide bonds. The summed E-state index contributed by atoms with van der Waals surface area (Å²) in [6.07, 6.45) is 3.77. The molecular weight excluding hydrogens is 226 g/mol. The molecule has 1 aromatic heterocycles. The van der Waals surface area contributed by atoms with Crippen molar-refractivity contribution in [1.82, 2.24) is 9.78 Å². The molecule has 0 spiro atoms. The van der Waals surface area contributed by atoms with Gasteiger partial charge in [-0.15, -0.1) is 0 Å². The summed E-state index contributed by atoms with van der Waals surface area (Å²) in [5, 5.41) is 4.33. The normalized spacial score (nSPS) is 12.7. The maximum atomic E-state index is 5.85. The van der Waals surface area contributed by atoms with Gasteiger partial charge in [-0.05, 0) is 19.4 Å². The summed E-state index contributed by atoms with van der Waals surface area (Å²) in [7, 11) is 0. The highest BCUT2D eigenvalue weighted by Crippen LogP contribution is 2.19. The van der Waals surface area contributed by atoms with Gasteiger partial charge in [0.1, 0.15) is 0 Å². The molecule has 0 saturated heterocycles. The van der Waals surface area contributed by atoms with E-state index in [1.807, 2.05) is 42.9 Å². The van der Waals surface area contributed by atoms with Crippen LogP contribution in [0.4, 0.5) is 0 Å². The summed E-state index contributed by atoms with van der Waals surface area (Å²) in [5.74, 6) is 0.777. The second-order valence-electron chi connectivity index (χ2n) is 4.48. The first-order valence-electron chi connectivity index (χ1n) is 6.16. The lowest BCUT2D eigenvalue weighted by atomic mass is 10.1. The zero-order valence-corrected chi connectivity index (χ0v) is 10.8. The van der Waals surface area contributed by atoms with E-state index in [1.165, 1.54) is 0 Å². The minimum atomic E-state index is 0.0516. The Hall–Kier alpha value is -1.81. The fourth-order valence-electron chi connectivity index (χ4n) is 1.90. The average Bonchev–Trinajstić information content (AvgIpc) is 2.79. The molecule has 1 atom stereocenters. The van der Waals surface area contributed by atoms with E-state index in [2.05, 4.69) is 17.2 Å². The molecule has 0 radical (unpaired) electrons. The number of benzene rings is 1. The molecule has 1 aromatic carbocycles. The van der Waals surface area contributed by atoms with Gasteiger partial charge in [0.2, 0.25) is 0 Å². The van der Waals surface area contributed by atoms with Gasteiger partial charge in [-0.1, -0.05) is 30.3 Å². The molecule has 96 valence electrons. The smallest absolute Gasteiger partial charge is 0.157 e. The number of ether oxygens (including phenoxy) is 1. The van der Waals surface area contributed by atoms with Crippen molar-refractivity contribution in [3.63, 3.8) is 0 Å². The molecule has 0 aliphatic carbocycles. The minimum absolute atomic E-state index is 0.0516. The average molecular weight is 245 g/mol. The van der Waals surface area contributed by atoms with E-state index in [4.69, 9.17) is 10.5 Å². The summed E-state index contributed by atoms with van der Waals surface area (Å²) < 4.78 is 7.46. The monoisotopic (exact) mass is 245 g/mol. The second kappa shape index (κ2) is 5.69. The number of nitrogens with zero attached hydrogens (tertiary/aromatic N) is 2. The van der Waals surface area contributed by atoms with Gasteiger partial charge in [0.05, 0.1) is 24.5 Å². The van der Waals surface area contributed by atoms with Crippen LogP contribution in [0.15, 0.2) is 42.7 Å². The van der Waals surface area contributed by atoms with Gasteiger partial charge >= 0.3 is 0 Å². The standard InChI is InChI=1S/C14H19N3O/c1-11(2)18-13-9-16-17(10-13)14(8-15)12-6-4-3-5-7-12/h3-7,9-11,14H,8,15H2,1-2H3. The predicted molar refractivity (Wildman–Crippen MR) is 71.6 cm³/mol. The van der Waals surface area contributed by atoms with Crippen molar-refractivity contribution in [2.75, 3.05) is 6.54 Å². The maximum absolute atomic E-state index is 5.85. The molecule has 0 bridgehead atoms. The number of hydrogen-bond acceptors (Lipinski definition) is 3. The van der Waals surface area contributed by atoms with Gasteiger partial charge in [-0.25, -0.2) is 0 Å². The maximum Gasteiger partial charge on any atom is 0.157 e. The van der Waals surface area contributed by atoms with Crippen molar-refractivity contribution in [3.05, 3.63) is 48.3 Å². The van der Waals surface area contributed by atoms with Gasteiger partial charge < -0.3 is 10.5 Å². The largest absolute Gasteiger partial charge is 0.488 e. The summed E-state index contributed by atoms with van der Waals surface area (Å²) in [4.78, 5) is 0. The Morgan fingerprint density at radius 1 is 1.28 bits per heavy atom. The third kappa shape index (κ3) is 2.90. The Balaban J connectivity index is 2.20. The lowest BCUT2D eigenvalue weighted by Gasteiger charge is -2.15. The van der Waals surface area contributed by atoms with Crippen LogP contribution >= 0.6 is 0 Å². The third-order valence-corrected chi connectivity index (χ3v) is 2.68. The van der Waals surface area contributed by atoms with Crippen LogP contribution in [0.3, 0.4) is 0 Å². The summed E-state index contributed by atoms with van der Waals surface area (Å²) >= 11 is 0. The van der Waals surface area contributed by atoms with Gasteiger partial charge in [-0.2, -0.15) is 5.10 Å². The van der Waals surface area contributed by atoms with Crippen LogP contribution in [-0.4, -0.2) is 22.4 Å². The number of rotatable bonds is 5. The fraction of sp³-hybridized carbons (Fsp3) is 0.357. The second-order valence-corrected chi connectivity index (χ2v) is 4.48. The van der Waals surface area contributed by atoms with Crippen molar-refractivity contribution in [2.24, 2.45) is 5.73 Å². The molecule has 18 heavy (non-hydrogen) atoms. The predicted octanol–water partition coefficient (Wildman–Crippen LogP) is 2.22. The highest BCUT2D eigenvalue weighted by atomic mass is 16.5. The van der Waals surface area contributed by atoms with Crippen molar-refractivity contribution in [2.45, 2.75) is 26.0 Å². The first-order valence-corrected chi connectivity index (χ1v) is 6.16. The topological polar surface area (TPSA) is 53.1 Å². The summed E-state index contributed by atoms with van der Waals surface area (Å²) in [5.41, 5.74) is 7.00. The van der Waals surface area contributed by atoms with Crippen LogP contribution in [-0.2, 0) is 0 Å². The van der Waals surface area contributed by atoms with Gasteiger partial charge in [-0.3, -0.25) is 4.68 Å². The molecule has 2 aromatic rings. The van der Waals surface area contributed by atoms with Crippen molar-refractivity contribution in [1.29, 1.82) is 0 Å². The van der Waals surface area contributed by atoms with Crippen molar-refractivity contribution >= 4 is 0 Å². The Morgan fingerprint density at radius 3 is 2.61 bits per heavy atom. The van der Waals surface area contributed by atoms with Gasteiger partial charge in [0.25, 0.3) is 0 Å². The van der Waals surface area contributed by atoms with E-state index in [1.54, 1.807) is 6.20 Å². The van der Waals surface area contributed by atoms with E-state index in [0.717, 1.165) is 11.3 Å². The van der Waals surface area contributed by atoms with Crippen molar-refractivity contribution in [3.8, 4) is 5.75 Å². The molecule has 0 aliphatic rings. The van der Waals surface area contributed by atoms with Crippen LogP contribution in [0.2, 0.25) is 0 Å². The van der Waals surface area contributed by atoms with E-state index in [9.17, 15) is 0 Å². The van der Waals surface area contributed by atoms with E-state index < -0.39 is 0 Å². The van der Waals surface area contributed by atoms with Crippen molar-refractivity contribution < 1.29 is 4.74 Å². The Kier molecular flexibility index (Phi) is 3.99. The van der Waals surface area contributed by atoms with E-state index in [0.29, 0.717) is 6.54 Å². The van der Waals surface area contributed by atoms with E-state index in [-0.39, 0.29) is 12.1 Å². The molecule has 1 heterocycles. The van der Waals surface area contributed by atoms with Crippen LogP contribution in [0.1, 0.15) is 25.5 Å². The molecule has 4 heteroatoms. The SMILES string of the molecule is CC(C)Oc1cnn(C(CN)c2ccccc2)c1. The fourth-order valence-corrected chi connectivity index (χ4v) is 1.90. The Bertz CT molecular complexity index is 479. The number of aromatic nitrogens is 2. The Labute approximate surface area is 107 Å². The number of nitrogens with two attached hydrogens (primary N) is 1. The molecule has 2 rings (SSSR count). The zero-order chi connectivity index (χ0) is 13.0. The van der Waals surface area contributed by atoms with Gasteiger partial charge in [0, 0.05) is 6.54 Å². The lowest BCUT2D eigenvalue weighted by molar-refractivity contribution is 0.242. The van der Waals surface area contributed by atoms with E-state index >= 15 is 0 Å². The van der Waals surface area contributed by atoms with Crippen LogP contribution in [0, 0.1) is 0 Å². The van der Waals surface area contributed by atoms with Gasteiger partial charge in [0.15, 0.2) is 5.75 Å². The van der Waals surface area contributed by atoms with Crippen LogP contribution in [0.25, 0.3) is 0 Å². The molecule has 4 nitrogen and oxygen atoms in total. The van der Waals surface area contributed by atoms with Crippen LogP contribution < -0.4 is 10.5 Å². The molecule has 2 N–H and O–H groups in total. The quantitative estimate of drug-likeness (QED) is 0.878. The molecule has 0 aliphatic heterocycles.